The number of fused-ring (bicyclic) bond motifs is 1. The van der Waals surface area contributed by atoms with Gasteiger partial charge in [-0.05, 0) is 49.0 Å². The van der Waals surface area contributed by atoms with Gasteiger partial charge in [0.15, 0.2) is 0 Å². The number of ether oxygens (including phenoxy) is 1. The Morgan fingerprint density at radius 2 is 2.00 bits per heavy atom. The predicted octanol–water partition coefficient (Wildman–Crippen LogP) is 3.12. The highest BCUT2D eigenvalue weighted by atomic mass is 16.5. The summed E-state index contributed by atoms with van der Waals surface area (Å²) in [5.74, 6) is 1.31. The van der Waals surface area contributed by atoms with E-state index in [9.17, 15) is 0 Å². The Hall–Kier alpha value is -2.40. The largest absolute Gasteiger partial charge is 0.481 e. The number of hydrogen-bond acceptors (Lipinski definition) is 4. The van der Waals surface area contributed by atoms with Crippen LogP contribution in [-0.4, -0.2) is 39.5 Å². The van der Waals surface area contributed by atoms with E-state index in [0.29, 0.717) is 11.8 Å². The molecule has 3 aromatic rings. The van der Waals surface area contributed by atoms with Gasteiger partial charge in [-0.15, -0.1) is 0 Å². The molecule has 4 rings (SSSR count). The van der Waals surface area contributed by atoms with E-state index in [1.807, 2.05) is 24.7 Å². The van der Waals surface area contributed by atoms with E-state index in [1.54, 1.807) is 7.11 Å². The molecular formula is C19H22N4O. The van der Waals surface area contributed by atoms with Gasteiger partial charge in [-0.3, -0.25) is 4.90 Å². The number of rotatable bonds is 4. The highest BCUT2D eigenvalue weighted by molar-refractivity contribution is 5.40. The zero-order chi connectivity index (χ0) is 16.4. The molecule has 5 nitrogen and oxygen atoms in total. The summed E-state index contributed by atoms with van der Waals surface area (Å²) < 4.78 is 7.23. The van der Waals surface area contributed by atoms with Crippen molar-refractivity contribution in [1.29, 1.82) is 0 Å². The Balaban J connectivity index is 1.37. The van der Waals surface area contributed by atoms with E-state index in [1.165, 1.54) is 24.0 Å². The van der Waals surface area contributed by atoms with Crippen LogP contribution < -0.4 is 4.74 Å². The van der Waals surface area contributed by atoms with E-state index >= 15 is 0 Å². The number of pyridine rings is 2. The summed E-state index contributed by atoms with van der Waals surface area (Å²) in [6, 6.07) is 8.38. The van der Waals surface area contributed by atoms with Gasteiger partial charge >= 0.3 is 0 Å². The van der Waals surface area contributed by atoms with Gasteiger partial charge in [0.25, 0.3) is 0 Å². The van der Waals surface area contributed by atoms with Gasteiger partial charge in [-0.1, -0.05) is 12.1 Å². The van der Waals surface area contributed by atoms with Crippen molar-refractivity contribution in [3.8, 4) is 5.88 Å². The number of imidazole rings is 1. The Labute approximate surface area is 141 Å². The van der Waals surface area contributed by atoms with Crippen molar-refractivity contribution in [3.63, 3.8) is 0 Å². The zero-order valence-corrected chi connectivity index (χ0v) is 13.9. The number of likely N-dealkylation sites (tertiary alicyclic amines) is 1. The van der Waals surface area contributed by atoms with Crippen molar-refractivity contribution < 1.29 is 4.74 Å². The van der Waals surface area contributed by atoms with Crippen molar-refractivity contribution >= 4 is 5.65 Å². The topological polar surface area (TPSA) is 42.7 Å². The number of methoxy groups -OCH3 is 1. The summed E-state index contributed by atoms with van der Waals surface area (Å²) in [5.41, 5.74) is 3.68. The van der Waals surface area contributed by atoms with Gasteiger partial charge in [0.1, 0.15) is 5.65 Å². The number of hydrogen-bond donors (Lipinski definition) is 0. The van der Waals surface area contributed by atoms with Crippen molar-refractivity contribution in [2.45, 2.75) is 25.3 Å². The first-order valence-corrected chi connectivity index (χ1v) is 8.46. The predicted molar refractivity (Wildman–Crippen MR) is 93.2 cm³/mol. The van der Waals surface area contributed by atoms with Gasteiger partial charge in [-0.25, -0.2) is 9.97 Å². The first-order valence-electron chi connectivity index (χ1n) is 8.46. The zero-order valence-electron chi connectivity index (χ0n) is 13.9. The molecule has 1 fully saturated rings. The molecular weight excluding hydrogens is 300 g/mol. The smallest absolute Gasteiger partial charge is 0.212 e. The van der Waals surface area contributed by atoms with Crippen molar-refractivity contribution in [1.82, 2.24) is 19.3 Å². The molecule has 0 radical (unpaired) electrons. The average molecular weight is 322 g/mol. The third-order valence-electron chi connectivity index (χ3n) is 4.88. The first-order chi connectivity index (χ1) is 11.8. The summed E-state index contributed by atoms with van der Waals surface area (Å²) >= 11 is 0. The van der Waals surface area contributed by atoms with Gasteiger partial charge in [0.05, 0.1) is 7.11 Å². The maximum atomic E-state index is 5.12. The molecule has 1 saturated heterocycles. The minimum absolute atomic E-state index is 0.641. The van der Waals surface area contributed by atoms with Gasteiger partial charge in [-0.2, -0.15) is 0 Å². The molecule has 4 heterocycles. The monoisotopic (exact) mass is 322 g/mol. The summed E-state index contributed by atoms with van der Waals surface area (Å²) in [4.78, 5) is 11.1. The minimum atomic E-state index is 0.641. The molecule has 0 aromatic carbocycles. The lowest BCUT2D eigenvalue weighted by Gasteiger charge is -2.32. The minimum Gasteiger partial charge on any atom is -0.481 e. The van der Waals surface area contributed by atoms with E-state index in [0.717, 1.165) is 25.3 Å². The lowest BCUT2D eigenvalue weighted by molar-refractivity contribution is 0.204. The lowest BCUT2D eigenvalue weighted by atomic mass is 9.90. The fourth-order valence-corrected chi connectivity index (χ4v) is 3.49. The lowest BCUT2D eigenvalue weighted by Crippen LogP contribution is -2.32. The molecule has 0 saturated carbocycles. The van der Waals surface area contributed by atoms with Crippen LogP contribution in [0.25, 0.3) is 5.65 Å². The molecule has 0 N–H and O–H groups in total. The van der Waals surface area contributed by atoms with Gasteiger partial charge in [0, 0.05) is 37.4 Å². The molecule has 0 bridgehead atoms. The van der Waals surface area contributed by atoms with Gasteiger partial charge in [0.2, 0.25) is 5.88 Å². The first kappa shape index (κ1) is 15.1. The summed E-state index contributed by atoms with van der Waals surface area (Å²) in [6.07, 6.45) is 10.4. The molecule has 24 heavy (non-hydrogen) atoms. The normalized spacial score (nSPS) is 16.5. The SMILES string of the molecule is COc1ccc(CN2CCC(c3ccc4nccn4c3)CC2)cn1. The molecule has 5 heteroatoms. The second kappa shape index (κ2) is 6.61. The van der Waals surface area contributed by atoms with E-state index in [4.69, 9.17) is 4.74 Å². The molecule has 124 valence electrons. The van der Waals surface area contributed by atoms with Crippen LogP contribution in [0.5, 0.6) is 5.88 Å². The molecule has 3 aromatic heterocycles. The Morgan fingerprint density at radius 3 is 2.75 bits per heavy atom. The van der Waals surface area contributed by atoms with E-state index in [2.05, 4.69) is 43.7 Å². The fraction of sp³-hybridized carbons (Fsp3) is 0.368. The van der Waals surface area contributed by atoms with Crippen LogP contribution in [-0.2, 0) is 6.54 Å². The van der Waals surface area contributed by atoms with E-state index in [-0.39, 0.29) is 0 Å². The number of nitrogens with zero attached hydrogens (tertiary/aromatic N) is 4. The molecule has 1 aliphatic rings. The highest BCUT2D eigenvalue weighted by Gasteiger charge is 2.21. The maximum Gasteiger partial charge on any atom is 0.212 e. The Morgan fingerprint density at radius 1 is 1.12 bits per heavy atom. The fourth-order valence-electron chi connectivity index (χ4n) is 3.49. The van der Waals surface area contributed by atoms with Crippen LogP contribution in [0.2, 0.25) is 0 Å². The molecule has 0 atom stereocenters. The third-order valence-corrected chi connectivity index (χ3v) is 4.88. The Kier molecular flexibility index (Phi) is 4.17. The van der Waals surface area contributed by atoms with Crippen LogP contribution in [0.3, 0.4) is 0 Å². The van der Waals surface area contributed by atoms with Crippen LogP contribution in [0.4, 0.5) is 0 Å². The van der Waals surface area contributed by atoms with Crippen molar-refractivity contribution in [2.75, 3.05) is 20.2 Å². The molecule has 1 aliphatic heterocycles. The molecule has 0 spiro atoms. The third kappa shape index (κ3) is 3.12. The molecule has 0 amide bonds. The number of aromatic nitrogens is 3. The summed E-state index contributed by atoms with van der Waals surface area (Å²) in [6.45, 7) is 3.21. The summed E-state index contributed by atoms with van der Waals surface area (Å²) in [7, 11) is 1.65. The quantitative estimate of drug-likeness (QED) is 0.740. The Bertz CT molecular complexity index is 804. The maximum absolute atomic E-state index is 5.12. The van der Waals surface area contributed by atoms with Crippen molar-refractivity contribution in [3.05, 3.63) is 60.2 Å². The molecule has 0 aliphatic carbocycles. The second-order valence-electron chi connectivity index (χ2n) is 6.41. The highest BCUT2D eigenvalue weighted by Crippen LogP contribution is 2.28. The van der Waals surface area contributed by atoms with Crippen LogP contribution in [0, 0.1) is 0 Å². The van der Waals surface area contributed by atoms with Crippen LogP contribution in [0.1, 0.15) is 29.9 Å². The molecule has 0 unspecified atom stereocenters. The summed E-state index contributed by atoms with van der Waals surface area (Å²) in [5, 5.41) is 0. The average Bonchev–Trinajstić information content (AvgIpc) is 3.11. The standard InChI is InChI=1S/C19H22N4O/c1-24-19-5-2-15(12-21-19)13-22-9-6-16(7-10-22)17-3-4-18-20-8-11-23(18)14-17/h2-5,8,11-12,14,16H,6-7,9-10,13H2,1H3. The van der Waals surface area contributed by atoms with Gasteiger partial charge < -0.3 is 9.14 Å². The van der Waals surface area contributed by atoms with E-state index < -0.39 is 0 Å². The second-order valence-corrected chi connectivity index (χ2v) is 6.41. The van der Waals surface area contributed by atoms with Crippen LogP contribution >= 0.6 is 0 Å². The van der Waals surface area contributed by atoms with Crippen molar-refractivity contribution in [2.24, 2.45) is 0 Å². The van der Waals surface area contributed by atoms with Crippen LogP contribution in [0.15, 0.2) is 49.1 Å². The number of piperidine rings is 1.